The SMILES string of the molecule is N#Cc1cc2c(nc1Nc1ccc(F)c(Br)c1)CCCC2. The van der Waals surface area contributed by atoms with E-state index in [0.29, 0.717) is 21.5 Å². The van der Waals surface area contributed by atoms with E-state index in [4.69, 9.17) is 0 Å². The lowest BCUT2D eigenvalue weighted by atomic mass is 9.95. The molecule has 0 atom stereocenters. The molecule has 0 unspecified atom stereocenters. The first-order chi connectivity index (χ1) is 10.2. The van der Waals surface area contributed by atoms with Gasteiger partial charge >= 0.3 is 0 Å². The summed E-state index contributed by atoms with van der Waals surface area (Å²) in [6, 6.07) is 8.74. The van der Waals surface area contributed by atoms with Crippen LogP contribution in [0.2, 0.25) is 0 Å². The van der Waals surface area contributed by atoms with Crippen molar-refractivity contribution in [1.29, 1.82) is 5.26 Å². The standard InChI is InChI=1S/C16H13BrFN3/c17-13-8-12(5-6-14(13)18)20-16-11(9-19)7-10-3-1-2-4-15(10)21-16/h5-8H,1-4H2,(H,20,21). The molecule has 5 heteroatoms. The zero-order chi connectivity index (χ0) is 14.8. The summed E-state index contributed by atoms with van der Waals surface area (Å²) >= 11 is 3.15. The van der Waals surface area contributed by atoms with Crippen molar-refractivity contribution in [2.45, 2.75) is 25.7 Å². The molecule has 106 valence electrons. The van der Waals surface area contributed by atoms with Crippen molar-refractivity contribution in [2.75, 3.05) is 5.32 Å². The first-order valence-corrected chi connectivity index (χ1v) is 7.61. The Balaban J connectivity index is 1.97. The Hall–Kier alpha value is -1.93. The van der Waals surface area contributed by atoms with E-state index in [-0.39, 0.29) is 5.82 Å². The Labute approximate surface area is 131 Å². The number of benzene rings is 1. The maximum Gasteiger partial charge on any atom is 0.148 e. The summed E-state index contributed by atoms with van der Waals surface area (Å²) < 4.78 is 13.6. The average Bonchev–Trinajstić information content (AvgIpc) is 2.50. The molecule has 1 N–H and O–H groups in total. The summed E-state index contributed by atoms with van der Waals surface area (Å²) in [5.74, 6) is 0.219. The monoisotopic (exact) mass is 345 g/mol. The van der Waals surface area contributed by atoms with Gasteiger partial charge in [-0.1, -0.05) is 0 Å². The van der Waals surface area contributed by atoms with E-state index in [1.165, 1.54) is 11.6 Å². The Morgan fingerprint density at radius 3 is 2.81 bits per heavy atom. The Morgan fingerprint density at radius 2 is 2.05 bits per heavy atom. The van der Waals surface area contributed by atoms with Gasteiger partial charge in [-0.2, -0.15) is 5.26 Å². The van der Waals surface area contributed by atoms with Gasteiger partial charge in [0.1, 0.15) is 17.7 Å². The minimum absolute atomic E-state index is 0.320. The number of fused-ring (bicyclic) bond motifs is 1. The van der Waals surface area contributed by atoms with Crippen molar-refractivity contribution < 1.29 is 4.39 Å². The van der Waals surface area contributed by atoms with Crippen LogP contribution in [0, 0.1) is 17.1 Å². The van der Waals surface area contributed by atoms with Crippen molar-refractivity contribution in [1.82, 2.24) is 4.98 Å². The highest BCUT2D eigenvalue weighted by molar-refractivity contribution is 9.10. The largest absolute Gasteiger partial charge is 0.339 e. The van der Waals surface area contributed by atoms with Crippen LogP contribution in [0.15, 0.2) is 28.7 Å². The first kappa shape index (κ1) is 14.0. The number of hydrogen-bond acceptors (Lipinski definition) is 3. The number of nitriles is 1. The number of nitrogens with one attached hydrogen (secondary N) is 1. The van der Waals surface area contributed by atoms with Gasteiger partial charge in [0.15, 0.2) is 0 Å². The van der Waals surface area contributed by atoms with Gasteiger partial charge < -0.3 is 5.32 Å². The fraction of sp³-hybridized carbons (Fsp3) is 0.250. The molecule has 0 saturated heterocycles. The average molecular weight is 346 g/mol. The minimum atomic E-state index is -0.320. The number of pyridine rings is 1. The van der Waals surface area contributed by atoms with Crippen molar-refractivity contribution >= 4 is 27.4 Å². The van der Waals surface area contributed by atoms with E-state index >= 15 is 0 Å². The molecule has 0 fully saturated rings. The summed E-state index contributed by atoms with van der Waals surface area (Å²) in [5, 5.41) is 12.4. The molecule has 0 amide bonds. The van der Waals surface area contributed by atoms with Crippen molar-refractivity contribution in [3.63, 3.8) is 0 Å². The molecule has 0 radical (unpaired) electrons. The molecule has 0 bridgehead atoms. The molecule has 1 aliphatic carbocycles. The van der Waals surface area contributed by atoms with Crippen LogP contribution < -0.4 is 5.32 Å². The fourth-order valence-electron chi connectivity index (χ4n) is 2.52. The van der Waals surface area contributed by atoms with Crippen LogP contribution >= 0.6 is 15.9 Å². The zero-order valence-corrected chi connectivity index (χ0v) is 12.9. The smallest absolute Gasteiger partial charge is 0.148 e. The molecule has 1 aliphatic rings. The molecular formula is C16H13BrFN3. The number of anilines is 2. The van der Waals surface area contributed by atoms with E-state index in [0.717, 1.165) is 31.4 Å². The van der Waals surface area contributed by atoms with Gasteiger partial charge in [-0.05, 0) is 71.4 Å². The number of nitrogens with zero attached hydrogens (tertiary/aromatic N) is 2. The molecule has 0 saturated carbocycles. The van der Waals surface area contributed by atoms with Crippen LogP contribution in [0.3, 0.4) is 0 Å². The zero-order valence-electron chi connectivity index (χ0n) is 11.3. The van der Waals surface area contributed by atoms with Gasteiger partial charge in [0, 0.05) is 11.4 Å². The summed E-state index contributed by atoms with van der Waals surface area (Å²) in [6.07, 6.45) is 4.22. The third-order valence-corrected chi connectivity index (χ3v) is 4.21. The number of halogens is 2. The second-order valence-corrected chi connectivity index (χ2v) is 5.92. The van der Waals surface area contributed by atoms with Crippen molar-refractivity contribution in [3.05, 3.63) is 51.4 Å². The number of aromatic nitrogens is 1. The lowest BCUT2D eigenvalue weighted by molar-refractivity contribution is 0.621. The number of hydrogen-bond donors (Lipinski definition) is 1. The van der Waals surface area contributed by atoms with Crippen LogP contribution in [0.1, 0.15) is 29.7 Å². The van der Waals surface area contributed by atoms with Gasteiger partial charge in [0.2, 0.25) is 0 Å². The Morgan fingerprint density at radius 1 is 1.24 bits per heavy atom. The molecule has 2 aromatic rings. The van der Waals surface area contributed by atoms with E-state index in [2.05, 4.69) is 32.3 Å². The van der Waals surface area contributed by atoms with Gasteiger partial charge in [-0.3, -0.25) is 0 Å². The normalized spacial score (nSPS) is 13.4. The summed E-state index contributed by atoms with van der Waals surface area (Å²) in [4.78, 5) is 4.59. The highest BCUT2D eigenvalue weighted by Crippen LogP contribution is 2.27. The molecule has 1 aromatic carbocycles. The van der Waals surface area contributed by atoms with Crippen molar-refractivity contribution in [3.8, 4) is 6.07 Å². The molecular weight excluding hydrogens is 333 g/mol. The number of rotatable bonds is 2. The van der Waals surface area contributed by atoms with Gasteiger partial charge in [-0.15, -0.1) is 0 Å². The van der Waals surface area contributed by atoms with Crippen LogP contribution in [-0.2, 0) is 12.8 Å². The minimum Gasteiger partial charge on any atom is -0.339 e. The predicted octanol–water partition coefficient (Wildman–Crippen LogP) is 4.48. The van der Waals surface area contributed by atoms with E-state index < -0.39 is 0 Å². The van der Waals surface area contributed by atoms with Crippen LogP contribution in [0.5, 0.6) is 0 Å². The van der Waals surface area contributed by atoms with Crippen LogP contribution in [0.25, 0.3) is 0 Å². The maximum atomic E-state index is 13.3. The quantitative estimate of drug-likeness (QED) is 0.872. The predicted molar refractivity (Wildman–Crippen MR) is 83.0 cm³/mol. The maximum absolute atomic E-state index is 13.3. The lowest BCUT2D eigenvalue weighted by Gasteiger charge is -2.17. The van der Waals surface area contributed by atoms with Crippen LogP contribution in [0.4, 0.5) is 15.9 Å². The summed E-state index contributed by atoms with van der Waals surface area (Å²) in [5.41, 5.74) is 3.45. The van der Waals surface area contributed by atoms with E-state index in [1.54, 1.807) is 12.1 Å². The Kier molecular flexibility index (Phi) is 3.89. The molecule has 1 heterocycles. The molecule has 3 rings (SSSR count). The highest BCUT2D eigenvalue weighted by atomic mass is 79.9. The van der Waals surface area contributed by atoms with Gasteiger partial charge in [0.25, 0.3) is 0 Å². The third-order valence-electron chi connectivity index (χ3n) is 3.60. The van der Waals surface area contributed by atoms with Crippen molar-refractivity contribution in [2.24, 2.45) is 0 Å². The molecule has 21 heavy (non-hydrogen) atoms. The lowest BCUT2D eigenvalue weighted by Crippen LogP contribution is -2.09. The van der Waals surface area contributed by atoms with Gasteiger partial charge in [-0.25, -0.2) is 9.37 Å². The summed E-state index contributed by atoms with van der Waals surface area (Å²) in [6.45, 7) is 0. The topological polar surface area (TPSA) is 48.7 Å². The van der Waals surface area contributed by atoms with E-state index in [1.807, 2.05) is 6.07 Å². The van der Waals surface area contributed by atoms with E-state index in [9.17, 15) is 9.65 Å². The second-order valence-electron chi connectivity index (χ2n) is 5.06. The molecule has 3 nitrogen and oxygen atoms in total. The fourth-order valence-corrected chi connectivity index (χ4v) is 2.90. The number of aryl methyl sites for hydroxylation is 2. The van der Waals surface area contributed by atoms with Crippen LogP contribution in [-0.4, -0.2) is 4.98 Å². The van der Waals surface area contributed by atoms with Gasteiger partial charge in [0.05, 0.1) is 10.0 Å². The summed E-state index contributed by atoms with van der Waals surface area (Å²) in [7, 11) is 0. The molecule has 0 spiro atoms. The second kappa shape index (κ2) is 5.82. The molecule has 0 aliphatic heterocycles. The third kappa shape index (κ3) is 2.91. The Bertz CT molecular complexity index is 737. The molecule has 1 aromatic heterocycles. The highest BCUT2D eigenvalue weighted by Gasteiger charge is 2.15. The first-order valence-electron chi connectivity index (χ1n) is 6.82.